The van der Waals surface area contributed by atoms with Crippen LogP contribution in [0, 0.1) is 0 Å². The van der Waals surface area contributed by atoms with Crippen LogP contribution in [0.15, 0.2) is 24.3 Å². The molecule has 0 fully saturated rings. The predicted molar refractivity (Wildman–Crippen MR) is 65.7 cm³/mol. The first-order chi connectivity index (χ1) is 8.40. The summed E-state index contributed by atoms with van der Waals surface area (Å²) < 4.78 is 25.4. The SMILES string of the molecule is CC(C(=O)O)S(=O)(=O)Nc1nc2ccccc2[nH]1. The van der Waals surface area contributed by atoms with E-state index in [4.69, 9.17) is 5.11 Å². The molecule has 96 valence electrons. The fourth-order valence-electron chi connectivity index (χ4n) is 1.36. The number of hydrogen-bond donors (Lipinski definition) is 3. The van der Waals surface area contributed by atoms with E-state index in [1.165, 1.54) is 0 Å². The Bertz CT molecular complexity index is 659. The van der Waals surface area contributed by atoms with Gasteiger partial charge < -0.3 is 10.1 Å². The van der Waals surface area contributed by atoms with Crippen molar-refractivity contribution < 1.29 is 18.3 Å². The van der Waals surface area contributed by atoms with Crippen molar-refractivity contribution in [1.29, 1.82) is 0 Å². The maximum Gasteiger partial charge on any atom is 0.323 e. The Morgan fingerprint density at radius 3 is 2.72 bits per heavy atom. The van der Waals surface area contributed by atoms with E-state index in [1.807, 2.05) is 0 Å². The van der Waals surface area contributed by atoms with Crippen molar-refractivity contribution in [3.8, 4) is 0 Å². The lowest BCUT2D eigenvalue weighted by Gasteiger charge is -2.08. The number of nitrogens with zero attached hydrogens (tertiary/aromatic N) is 1. The van der Waals surface area contributed by atoms with Crippen molar-refractivity contribution in [2.45, 2.75) is 12.2 Å². The molecule has 0 radical (unpaired) electrons. The van der Waals surface area contributed by atoms with Gasteiger partial charge in [0.1, 0.15) is 0 Å². The summed E-state index contributed by atoms with van der Waals surface area (Å²) in [5.41, 5.74) is 1.26. The van der Waals surface area contributed by atoms with Gasteiger partial charge in [-0.1, -0.05) is 12.1 Å². The minimum absolute atomic E-state index is 0.00398. The van der Waals surface area contributed by atoms with Crippen LogP contribution in [0.5, 0.6) is 0 Å². The summed E-state index contributed by atoms with van der Waals surface area (Å²) in [4.78, 5) is 17.4. The zero-order valence-corrected chi connectivity index (χ0v) is 10.2. The molecule has 2 rings (SSSR count). The zero-order chi connectivity index (χ0) is 13.3. The van der Waals surface area contributed by atoms with Gasteiger partial charge in [-0.25, -0.2) is 13.4 Å². The molecular formula is C10H11N3O4S. The standard InChI is InChI=1S/C10H11N3O4S/c1-6(9(14)15)18(16,17)13-10-11-7-4-2-3-5-8(7)12-10/h2-6H,1H3,(H,14,15)(H2,11,12,13). The van der Waals surface area contributed by atoms with Gasteiger partial charge in [0.2, 0.25) is 16.0 Å². The van der Waals surface area contributed by atoms with Gasteiger partial charge in [-0.15, -0.1) is 0 Å². The number of H-pyrrole nitrogens is 1. The smallest absolute Gasteiger partial charge is 0.323 e. The minimum atomic E-state index is -4.00. The van der Waals surface area contributed by atoms with E-state index < -0.39 is 21.2 Å². The molecule has 7 nitrogen and oxygen atoms in total. The van der Waals surface area contributed by atoms with Gasteiger partial charge in [-0.2, -0.15) is 0 Å². The maximum atomic E-state index is 11.7. The number of aromatic nitrogens is 2. The second kappa shape index (κ2) is 4.30. The minimum Gasteiger partial charge on any atom is -0.480 e. The van der Waals surface area contributed by atoms with Gasteiger partial charge in [-0.3, -0.25) is 9.52 Å². The summed E-state index contributed by atoms with van der Waals surface area (Å²) in [6.45, 7) is 1.09. The van der Waals surface area contributed by atoms with E-state index in [0.29, 0.717) is 11.0 Å². The lowest BCUT2D eigenvalue weighted by molar-refractivity contribution is -0.136. The van der Waals surface area contributed by atoms with E-state index in [2.05, 4.69) is 14.7 Å². The first-order valence-corrected chi connectivity index (χ1v) is 6.64. The highest BCUT2D eigenvalue weighted by Gasteiger charge is 2.28. The van der Waals surface area contributed by atoms with Crippen LogP contribution < -0.4 is 4.72 Å². The molecule has 1 aromatic carbocycles. The van der Waals surface area contributed by atoms with Crippen molar-refractivity contribution in [2.75, 3.05) is 4.72 Å². The number of rotatable bonds is 4. The number of nitrogens with one attached hydrogen (secondary N) is 2. The molecule has 1 unspecified atom stereocenters. The molecular weight excluding hydrogens is 258 g/mol. The van der Waals surface area contributed by atoms with Gasteiger partial charge in [-0.05, 0) is 19.1 Å². The number of fused-ring (bicyclic) bond motifs is 1. The average molecular weight is 269 g/mol. The Balaban J connectivity index is 2.31. The van der Waals surface area contributed by atoms with Crippen molar-refractivity contribution in [3.05, 3.63) is 24.3 Å². The van der Waals surface area contributed by atoms with Gasteiger partial charge >= 0.3 is 5.97 Å². The number of aromatic amines is 1. The number of anilines is 1. The summed E-state index contributed by atoms with van der Waals surface area (Å²) in [7, 11) is -4.00. The number of para-hydroxylation sites is 2. The van der Waals surface area contributed by atoms with Crippen molar-refractivity contribution in [2.24, 2.45) is 0 Å². The molecule has 1 atom stereocenters. The van der Waals surface area contributed by atoms with E-state index in [1.54, 1.807) is 24.3 Å². The summed E-state index contributed by atoms with van der Waals surface area (Å²) in [5.74, 6) is -1.41. The van der Waals surface area contributed by atoms with Gasteiger partial charge in [0.15, 0.2) is 5.25 Å². The lowest BCUT2D eigenvalue weighted by Crippen LogP contribution is -2.32. The Hall–Kier alpha value is -2.09. The van der Waals surface area contributed by atoms with E-state index in [-0.39, 0.29) is 5.95 Å². The van der Waals surface area contributed by atoms with Crippen LogP contribution in [-0.4, -0.2) is 34.7 Å². The maximum absolute atomic E-state index is 11.7. The number of aliphatic carboxylic acids is 1. The number of carboxylic acids is 1. The number of sulfonamides is 1. The second-order valence-corrected chi connectivity index (χ2v) is 5.73. The number of carbonyl (C=O) groups is 1. The van der Waals surface area contributed by atoms with Crippen molar-refractivity contribution >= 4 is 33.0 Å². The Morgan fingerprint density at radius 1 is 1.44 bits per heavy atom. The zero-order valence-electron chi connectivity index (χ0n) is 9.41. The third-order valence-electron chi connectivity index (χ3n) is 2.44. The van der Waals surface area contributed by atoms with Crippen LogP contribution in [0.3, 0.4) is 0 Å². The third kappa shape index (κ3) is 2.28. The first-order valence-electron chi connectivity index (χ1n) is 5.09. The van der Waals surface area contributed by atoms with E-state index >= 15 is 0 Å². The monoisotopic (exact) mass is 269 g/mol. The van der Waals surface area contributed by atoms with Gasteiger partial charge in [0.05, 0.1) is 11.0 Å². The third-order valence-corrected chi connectivity index (χ3v) is 4.05. The van der Waals surface area contributed by atoms with Gasteiger partial charge in [0, 0.05) is 0 Å². The highest BCUT2D eigenvalue weighted by molar-refractivity contribution is 7.94. The van der Waals surface area contributed by atoms with Gasteiger partial charge in [0.25, 0.3) is 0 Å². The normalized spacial score (nSPS) is 13.4. The average Bonchev–Trinajstić information content (AvgIpc) is 2.68. The molecule has 0 aliphatic carbocycles. The van der Waals surface area contributed by atoms with Crippen molar-refractivity contribution in [3.63, 3.8) is 0 Å². The van der Waals surface area contributed by atoms with Crippen molar-refractivity contribution in [1.82, 2.24) is 9.97 Å². The first kappa shape index (κ1) is 12.4. The molecule has 18 heavy (non-hydrogen) atoms. The molecule has 0 amide bonds. The quantitative estimate of drug-likeness (QED) is 0.759. The predicted octanol–water partition coefficient (Wildman–Crippen LogP) is 0.778. The van der Waals surface area contributed by atoms with Crippen LogP contribution >= 0.6 is 0 Å². The van der Waals surface area contributed by atoms with Crippen LogP contribution in [0.2, 0.25) is 0 Å². The molecule has 0 spiro atoms. The number of carboxylic acid groups (broad SMARTS) is 1. The Morgan fingerprint density at radius 2 is 2.11 bits per heavy atom. The molecule has 3 N–H and O–H groups in total. The molecule has 2 aromatic rings. The van der Waals surface area contributed by atoms with E-state index in [0.717, 1.165) is 6.92 Å². The molecule has 1 heterocycles. The summed E-state index contributed by atoms with van der Waals surface area (Å²) in [6, 6.07) is 6.99. The highest BCUT2D eigenvalue weighted by atomic mass is 32.2. The Labute approximate surface area is 103 Å². The fraction of sp³-hybridized carbons (Fsp3) is 0.200. The number of hydrogen-bond acceptors (Lipinski definition) is 4. The highest BCUT2D eigenvalue weighted by Crippen LogP contribution is 2.15. The molecule has 1 aromatic heterocycles. The number of benzene rings is 1. The second-order valence-electron chi connectivity index (χ2n) is 3.73. The summed E-state index contributed by atoms with van der Waals surface area (Å²) in [6.07, 6.45) is 0. The molecule has 0 saturated heterocycles. The summed E-state index contributed by atoms with van der Waals surface area (Å²) in [5, 5.41) is 7.14. The molecule has 8 heteroatoms. The number of imidazole rings is 1. The van der Waals surface area contributed by atoms with Crippen LogP contribution in [0.1, 0.15) is 6.92 Å². The molecule has 0 aliphatic rings. The Kier molecular flexibility index (Phi) is 2.95. The molecule has 0 aliphatic heterocycles. The summed E-state index contributed by atoms with van der Waals surface area (Å²) >= 11 is 0. The van der Waals surface area contributed by atoms with Crippen LogP contribution in [0.4, 0.5) is 5.95 Å². The largest absolute Gasteiger partial charge is 0.480 e. The van der Waals surface area contributed by atoms with Crippen LogP contribution in [0.25, 0.3) is 11.0 Å². The fourth-order valence-corrected chi connectivity index (χ4v) is 2.17. The molecule has 0 bridgehead atoms. The molecule has 0 saturated carbocycles. The lowest BCUT2D eigenvalue weighted by atomic mass is 10.3. The topological polar surface area (TPSA) is 112 Å². The van der Waals surface area contributed by atoms with Crippen LogP contribution in [-0.2, 0) is 14.8 Å². The van der Waals surface area contributed by atoms with E-state index in [9.17, 15) is 13.2 Å².